The van der Waals surface area contributed by atoms with E-state index in [4.69, 9.17) is 11.6 Å². The number of carbonyl (C=O) groups is 3. The molecule has 0 bridgehead atoms. The molecule has 0 radical (unpaired) electrons. The molecule has 1 spiro atoms. The number of rotatable bonds is 3. The lowest BCUT2D eigenvalue weighted by molar-refractivity contribution is -0.136. The van der Waals surface area contributed by atoms with Gasteiger partial charge >= 0.3 is 6.03 Å². The molecular weight excluding hydrogens is 342 g/mol. The second-order valence-electron chi connectivity index (χ2n) is 6.97. The van der Waals surface area contributed by atoms with Crippen LogP contribution in [0.25, 0.3) is 0 Å². The van der Waals surface area contributed by atoms with Gasteiger partial charge in [0.25, 0.3) is 5.91 Å². The van der Waals surface area contributed by atoms with Gasteiger partial charge < -0.3 is 10.6 Å². The smallest absolute Gasteiger partial charge is 0.323 e. The van der Waals surface area contributed by atoms with Gasteiger partial charge in [-0.2, -0.15) is 0 Å². The number of imide groups is 1. The molecule has 7 heteroatoms. The lowest BCUT2D eigenvalue weighted by atomic mass is 9.73. The van der Waals surface area contributed by atoms with E-state index in [-0.39, 0.29) is 18.4 Å². The zero-order valence-corrected chi connectivity index (χ0v) is 15.2. The predicted octanol–water partition coefficient (Wildman–Crippen LogP) is 3.09. The predicted molar refractivity (Wildman–Crippen MR) is 95.4 cm³/mol. The van der Waals surface area contributed by atoms with Gasteiger partial charge in [-0.1, -0.05) is 37.4 Å². The molecule has 1 heterocycles. The van der Waals surface area contributed by atoms with Crippen LogP contribution in [0.5, 0.6) is 0 Å². The third kappa shape index (κ3) is 3.23. The molecule has 1 saturated carbocycles. The van der Waals surface area contributed by atoms with Crippen LogP contribution in [0.3, 0.4) is 0 Å². The van der Waals surface area contributed by atoms with Crippen LogP contribution in [-0.2, 0) is 9.59 Å². The minimum Gasteiger partial charge on any atom is -0.323 e. The van der Waals surface area contributed by atoms with Crippen LogP contribution in [0.2, 0.25) is 5.02 Å². The summed E-state index contributed by atoms with van der Waals surface area (Å²) >= 11 is 6.11. The highest BCUT2D eigenvalue weighted by Gasteiger charge is 2.55. The molecular formula is C18H22ClN3O3. The quantitative estimate of drug-likeness (QED) is 0.810. The Kier molecular flexibility index (Phi) is 4.73. The molecule has 0 unspecified atom stereocenters. The van der Waals surface area contributed by atoms with Crippen molar-refractivity contribution in [3.63, 3.8) is 0 Å². The second kappa shape index (κ2) is 6.67. The molecule has 6 nitrogen and oxygen atoms in total. The van der Waals surface area contributed by atoms with Gasteiger partial charge in [-0.15, -0.1) is 0 Å². The Hall–Kier alpha value is -2.08. The third-order valence-electron chi connectivity index (χ3n) is 5.20. The molecule has 134 valence electrons. The van der Waals surface area contributed by atoms with Crippen molar-refractivity contribution in [3.8, 4) is 0 Å². The van der Waals surface area contributed by atoms with Crippen molar-refractivity contribution >= 4 is 35.1 Å². The molecule has 25 heavy (non-hydrogen) atoms. The van der Waals surface area contributed by atoms with Crippen LogP contribution in [-0.4, -0.2) is 34.8 Å². The standard InChI is InChI=1S/C18H22ClN3O3/c1-11-6-7-14(13(19)9-11)20-15(23)10-22-16(24)18(21-17(22)25)8-4-3-5-12(18)2/h6-7,9,12H,3-5,8,10H2,1-2H3,(H,20,23)(H,21,25)/t12-,18-/m1/s1. The summed E-state index contributed by atoms with van der Waals surface area (Å²) < 4.78 is 0. The van der Waals surface area contributed by atoms with Crippen LogP contribution in [0.1, 0.15) is 38.2 Å². The van der Waals surface area contributed by atoms with Crippen molar-refractivity contribution in [2.45, 2.75) is 45.1 Å². The lowest BCUT2D eigenvalue weighted by Gasteiger charge is -2.36. The third-order valence-corrected chi connectivity index (χ3v) is 5.51. The van der Waals surface area contributed by atoms with Crippen molar-refractivity contribution in [3.05, 3.63) is 28.8 Å². The van der Waals surface area contributed by atoms with Crippen molar-refractivity contribution in [2.75, 3.05) is 11.9 Å². The molecule has 2 aliphatic rings. The van der Waals surface area contributed by atoms with Crippen molar-refractivity contribution in [1.82, 2.24) is 10.2 Å². The Labute approximate surface area is 151 Å². The molecule has 1 saturated heterocycles. The zero-order chi connectivity index (χ0) is 18.2. The summed E-state index contributed by atoms with van der Waals surface area (Å²) in [7, 11) is 0. The average molecular weight is 364 g/mol. The van der Waals surface area contributed by atoms with E-state index in [9.17, 15) is 14.4 Å². The minimum absolute atomic E-state index is 0.0669. The molecule has 2 fully saturated rings. The van der Waals surface area contributed by atoms with Crippen LogP contribution in [0, 0.1) is 12.8 Å². The molecule has 3 rings (SSSR count). The normalized spacial score (nSPS) is 26.0. The number of nitrogens with zero attached hydrogens (tertiary/aromatic N) is 1. The van der Waals surface area contributed by atoms with Gasteiger partial charge in [-0.3, -0.25) is 14.5 Å². The summed E-state index contributed by atoms with van der Waals surface area (Å²) in [6, 6.07) is 4.77. The van der Waals surface area contributed by atoms with Gasteiger partial charge in [0.05, 0.1) is 10.7 Å². The summed E-state index contributed by atoms with van der Waals surface area (Å²) in [6.45, 7) is 3.56. The maximum Gasteiger partial charge on any atom is 0.325 e. The number of aryl methyl sites for hydroxylation is 1. The first kappa shape index (κ1) is 17.7. The fourth-order valence-electron chi connectivity index (χ4n) is 3.69. The summed E-state index contributed by atoms with van der Waals surface area (Å²) in [5.74, 6) is -0.679. The van der Waals surface area contributed by atoms with E-state index in [2.05, 4.69) is 10.6 Å². The van der Waals surface area contributed by atoms with Gasteiger partial charge in [-0.25, -0.2) is 4.79 Å². The largest absolute Gasteiger partial charge is 0.325 e. The van der Waals surface area contributed by atoms with E-state index >= 15 is 0 Å². The molecule has 1 aromatic carbocycles. The van der Waals surface area contributed by atoms with Crippen LogP contribution >= 0.6 is 11.6 Å². The van der Waals surface area contributed by atoms with E-state index in [1.807, 2.05) is 19.9 Å². The first-order valence-corrected chi connectivity index (χ1v) is 8.91. The van der Waals surface area contributed by atoms with E-state index in [1.165, 1.54) is 0 Å². The number of anilines is 1. The fraction of sp³-hybridized carbons (Fsp3) is 0.500. The fourth-order valence-corrected chi connectivity index (χ4v) is 3.98. The summed E-state index contributed by atoms with van der Waals surface area (Å²) in [5.41, 5.74) is 0.590. The zero-order valence-electron chi connectivity index (χ0n) is 14.4. The van der Waals surface area contributed by atoms with Gasteiger partial charge in [0.15, 0.2) is 0 Å². The number of urea groups is 1. The minimum atomic E-state index is -0.850. The highest BCUT2D eigenvalue weighted by atomic mass is 35.5. The molecule has 1 aromatic rings. The molecule has 2 N–H and O–H groups in total. The number of amides is 4. The van der Waals surface area contributed by atoms with Crippen molar-refractivity contribution in [1.29, 1.82) is 0 Å². The molecule has 4 amide bonds. The topological polar surface area (TPSA) is 78.5 Å². The van der Waals surface area contributed by atoms with E-state index in [1.54, 1.807) is 12.1 Å². The Morgan fingerprint density at radius 2 is 2.16 bits per heavy atom. The second-order valence-corrected chi connectivity index (χ2v) is 7.38. The van der Waals surface area contributed by atoms with E-state index in [0.717, 1.165) is 29.7 Å². The van der Waals surface area contributed by atoms with Crippen molar-refractivity contribution < 1.29 is 14.4 Å². The number of nitrogens with one attached hydrogen (secondary N) is 2. The highest BCUT2D eigenvalue weighted by Crippen LogP contribution is 2.38. The summed E-state index contributed by atoms with van der Waals surface area (Å²) in [4.78, 5) is 38.4. The van der Waals surface area contributed by atoms with E-state index < -0.39 is 17.5 Å². The Bertz CT molecular complexity index is 736. The number of hydrogen-bond acceptors (Lipinski definition) is 3. The summed E-state index contributed by atoms with van der Waals surface area (Å²) in [6.07, 6.45) is 3.47. The lowest BCUT2D eigenvalue weighted by Crippen LogP contribution is -2.54. The summed E-state index contributed by atoms with van der Waals surface area (Å²) in [5, 5.41) is 5.92. The monoisotopic (exact) mass is 363 g/mol. The van der Waals surface area contributed by atoms with Crippen molar-refractivity contribution in [2.24, 2.45) is 5.92 Å². The Morgan fingerprint density at radius 3 is 2.84 bits per heavy atom. The van der Waals surface area contributed by atoms with Gasteiger partial charge in [-0.05, 0) is 43.4 Å². The van der Waals surface area contributed by atoms with Gasteiger partial charge in [0.2, 0.25) is 5.91 Å². The molecule has 1 aliphatic heterocycles. The molecule has 2 atom stereocenters. The first-order chi connectivity index (χ1) is 11.8. The van der Waals surface area contributed by atoms with E-state index in [0.29, 0.717) is 17.1 Å². The van der Waals surface area contributed by atoms with Crippen LogP contribution in [0.15, 0.2) is 18.2 Å². The average Bonchev–Trinajstić information content (AvgIpc) is 2.78. The number of hydrogen-bond donors (Lipinski definition) is 2. The number of halogens is 1. The number of benzene rings is 1. The van der Waals surface area contributed by atoms with Gasteiger partial charge in [0, 0.05) is 0 Å². The molecule has 0 aromatic heterocycles. The Balaban J connectivity index is 1.71. The first-order valence-electron chi connectivity index (χ1n) is 8.53. The van der Waals surface area contributed by atoms with Gasteiger partial charge in [0.1, 0.15) is 12.1 Å². The maximum absolute atomic E-state index is 12.8. The van der Waals surface area contributed by atoms with Crippen LogP contribution < -0.4 is 10.6 Å². The Morgan fingerprint density at radius 1 is 1.40 bits per heavy atom. The number of carbonyl (C=O) groups excluding carboxylic acids is 3. The SMILES string of the molecule is Cc1ccc(NC(=O)CN2C(=O)N[C@@]3(CCCC[C@H]3C)C2=O)c(Cl)c1. The molecule has 1 aliphatic carbocycles. The van der Waals surface area contributed by atoms with Crippen LogP contribution in [0.4, 0.5) is 10.5 Å². The maximum atomic E-state index is 12.8. The highest BCUT2D eigenvalue weighted by molar-refractivity contribution is 6.33.